The molecule has 0 spiro atoms. The number of piperidine rings is 1. The molecule has 8 nitrogen and oxygen atoms in total. The van der Waals surface area contributed by atoms with Crippen LogP contribution in [0.2, 0.25) is 0 Å². The van der Waals surface area contributed by atoms with E-state index in [1.165, 1.54) is 22.8 Å². The summed E-state index contributed by atoms with van der Waals surface area (Å²) in [5.41, 5.74) is 2.21. The molecule has 50 heavy (non-hydrogen) atoms. The summed E-state index contributed by atoms with van der Waals surface area (Å²) in [7, 11) is 0. The Labute approximate surface area is 287 Å². The predicted octanol–water partition coefficient (Wildman–Crippen LogP) is 7.42. The first-order valence-corrected chi connectivity index (χ1v) is 17.0. The van der Waals surface area contributed by atoms with Gasteiger partial charge in [0.1, 0.15) is 0 Å². The van der Waals surface area contributed by atoms with Crippen LogP contribution >= 0.6 is 0 Å². The van der Waals surface area contributed by atoms with E-state index in [1.54, 1.807) is 23.4 Å². The third kappa shape index (κ3) is 6.65. The third-order valence-corrected chi connectivity index (χ3v) is 9.40. The molecule has 6 aromatic rings. The average Bonchev–Trinajstić information content (AvgIpc) is 3.13. The van der Waals surface area contributed by atoms with Crippen LogP contribution in [0.15, 0.2) is 96.1 Å². The number of amides is 1. The van der Waals surface area contributed by atoms with Crippen LogP contribution < -0.4 is 16.2 Å². The normalized spacial score (nSPS) is 14.0. The predicted molar refractivity (Wildman–Crippen MR) is 192 cm³/mol. The highest BCUT2D eigenvalue weighted by molar-refractivity contribution is 6.05. The molecular weight excluding hydrogens is 641 g/mol. The molecule has 1 fully saturated rings. The molecule has 0 bridgehead atoms. The largest absolute Gasteiger partial charge is 0.418 e. The van der Waals surface area contributed by atoms with Gasteiger partial charge in [0.15, 0.2) is 0 Å². The van der Waals surface area contributed by atoms with Gasteiger partial charge in [0, 0.05) is 71.4 Å². The zero-order valence-electron chi connectivity index (χ0n) is 27.6. The number of rotatable bonds is 9. The average molecular weight is 679 g/mol. The van der Waals surface area contributed by atoms with E-state index in [2.05, 4.69) is 20.6 Å². The first-order chi connectivity index (χ1) is 24.2. The summed E-state index contributed by atoms with van der Waals surface area (Å²) in [5.74, 6) is -0.0166. The molecule has 0 atom stereocenters. The molecule has 11 heteroatoms. The van der Waals surface area contributed by atoms with Crippen molar-refractivity contribution in [3.63, 3.8) is 0 Å². The summed E-state index contributed by atoms with van der Waals surface area (Å²) in [5, 5.41) is 8.40. The standard InChI is InChI=1S/C39H37F3N6O2/c1-2-18-47(38(50)25-13-15-43-16-14-25)19-17-44-35-11-9-30(22-32(35)39(40,41)42)48-36(49)12-8-28-23-46-34-10-7-26(21-31(34)37(28)48)29-20-27-5-3-4-6-33(27)45-24-29/h3-12,20-25,43-44H,2,13-19H2,1H3. The summed E-state index contributed by atoms with van der Waals surface area (Å²) < 4.78 is 45.2. The lowest BCUT2D eigenvalue weighted by Crippen LogP contribution is -2.43. The molecule has 3 aromatic carbocycles. The number of nitrogens with one attached hydrogen (secondary N) is 2. The molecule has 0 aliphatic carbocycles. The number of hydrogen-bond acceptors (Lipinski definition) is 6. The number of anilines is 1. The molecule has 1 amide bonds. The molecule has 256 valence electrons. The maximum Gasteiger partial charge on any atom is 0.418 e. The number of fused-ring (bicyclic) bond motifs is 4. The topological polar surface area (TPSA) is 92.2 Å². The van der Waals surface area contributed by atoms with Gasteiger partial charge >= 0.3 is 6.18 Å². The van der Waals surface area contributed by atoms with Gasteiger partial charge in [-0.2, -0.15) is 13.2 Å². The number of hydrogen-bond donors (Lipinski definition) is 2. The van der Waals surface area contributed by atoms with Crippen molar-refractivity contribution in [1.29, 1.82) is 0 Å². The van der Waals surface area contributed by atoms with Crippen LogP contribution in [0.4, 0.5) is 18.9 Å². The summed E-state index contributed by atoms with van der Waals surface area (Å²) in [4.78, 5) is 37.6. The van der Waals surface area contributed by atoms with Crippen molar-refractivity contribution in [1.82, 2.24) is 24.8 Å². The van der Waals surface area contributed by atoms with Crippen molar-refractivity contribution in [2.24, 2.45) is 5.92 Å². The molecular formula is C39H37F3N6O2. The highest BCUT2D eigenvalue weighted by atomic mass is 19.4. The summed E-state index contributed by atoms with van der Waals surface area (Å²) >= 11 is 0. The minimum absolute atomic E-state index is 0.0543. The molecule has 7 rings (SSSR count). The van der Waals surface area contributed by atoms with Gasteiger partial charge in [0.05, 0.1) is 27.8 Å². The second-order valence-electron chi connectivity index (χ2n) is 12.7. The second-order valence-corrected chi connectivity index (χ2v) is 12.7. The second kappa shape index (κ2) is 13.9. The van der Waals surface area contributed by atoms with Crippen LogP contribution in [0.1, 0.15) is 31.7 Å². The first-order valence-electron chi connectivity index (χ1n) is 17.0. The van der Waals surface area contributed by atoms with Crippen molar-refractivity contribution >= 4 is 44.3 Å². The van der Waals surface area contributed by atoms with Crippen LogP contribution in [0.5, 0.6) is 0 Å². The fraction of sp³-hybridized carbons (Fsp3) is 0.282. The van der Waals surface area contributed by atoms with E-state index in [1.807, 2.05) is 55.5 Å². The van der Waals surface area contributed by atoms with Crippen LogP contribution in [0.25, 0.3) is 49.5 Å². The molecule has 4 heterocycles. The lowest BCUT2D eigenvalue weighted by molar-refractivity contribution is -0.137. The molecule has 0 saturated carbocycles. The van der Waals surface area contributed by atoms with Gasteiger partial charge < -0.3 is 15.5 Å². The lowest BCUT2D eigenvalue weighted by atomic mass is 9.96. The summed E-state index contributed by atoms with van der Waals surface area (Å²) in [6, 6.07) is 22.3. The smallest absolute Gasteiger partial charge is 0.383 e. The van der Waals surface area contributed by atoms with Gasteiger partial charge in [-0.1, -0.05) is 31.2 Å². The molecule has 3 aromatic heterocycles. The molecule has 0 radical (unpaired) electrons. The number of pyridine rings is 3. The molecule has 2 N–H and O–H groups in total. The van der Waals surface area contributed by atoms with Crippen molar-refractivity contribution in [2.45, 2.75) is 32.4 Å². The Morgan fingerprint density at radius 1 is 0.900 bits per heavy atom. The van der Waals surface area contributed by atoms with E-state index in [-0.39, 0.29) is 36.3 Å². The SMILES string of the molecule is CCCN(CCNc1ccc(-n2c(=O)ccc3cnc4ccc(-c5cnc6ccccc6c5)cc4c32)cc1C(F)(F)F)C(=O)C1CCNCC1. The van der Waals surface area contributed by atoms with E-state index in [9.17, 15) is 22.8 Å². The Bertz CT molecular complexity index is 2260. The molecule has 0 unspecified atom stereocenters. The van der Waals surface area contributed by atoms with Crippen LogP contribution in [-0.2, 0) is 11.0 Å². The zero-order valence-corrected chi connectivity index (χ0v) is 27.6. The Morgan fingerprint density at radius 2 is 1.70 bits per heavy atom. The van der Waals surface area contributed by atoms with Gasteiger partial charge in [-0.25, -0.2) is 0 Å². The minimum Gasteiger partial charge on any atom is -0.383 e. The third-order valence-electron chi connectivity index (χ3n) is 9.40. The number of para-hydroxylation sites is 1. The Balaban J connectivity index is 1.25. The van der Waals surface area contributed by atoms with Crippen LogP contribution in [-0.4, -0.2) is 58.1 Å². The molecule has 1 aliphatic heterocycles. The molecule has 1 aliphatic rings. The van der Waals surface area contributed by atoms with Crippen molar-refractivity contribution in [3.8, 4) is 16.8 Å². The number of benzene rings is 3. The summed E-state index contributed by atoms with van der Waals surface area (Å²) in [6.07, 6.45) is 0.963. The maximum absolute atomic E-state index is 14.6. The van der Waals surface area contributed by atoms with E-state index < -0.39 is 17.3 Å². The highest BCUT2D eigenvalue weighted by Crippen LogP contribution is 2.37. The van der Waals surface area contributed by atoms with E-state index in [0.717, 1.165) is 60.4 Å². The fourth-order valence-corrected chi connectivity index (χ4v) is 6.89. The number of halogens is 3. The van der Waals surface area contributed by atoms with Crippen LogP contribution in [0.3, 0.4) is 0 Å². The van der Waals surface area contributed by atoms with E-state index >= 15 is 0 Å². The first kappa shape index (κ1) is 33.2. The maximum atomic E-state index is 14.6. The van der Waals surface area contributed by atoms with E-state index in [4.69, 9.17) is 0 Å². The molecule has 1 saturated heterocycles. The lowest BCUT2D eigenvalue weighted by Gasteiger charge is -2.30. The van der Waals surface area contributed by atoms with Gasteiger partial charge in [0.2, 0.25) is 5.91 Å². The van der Waals surface area contributed by atoms with Gasteiger partial charge in [-0.3, -0.25) is 24.1 Å². The van der Waals surface area contributed by atoms with Gasteiger partial charge in [-0.15, -0.1) is 0 Å². The number of alkyl halides is 3. The van der Waals surface area contributed by atoms with E-state index in [0.29, 0.717) is 28.4 Å². The Hall–Kier alpha value is -5.29. The Morgan fingerprint density at radius 3 is 2.50 bits per heavy atom. The zero-order chi connectivity index (χ0) is 34.8. The van der Waals surface area contributed by atoms with Crippen molar-refractivity contribution < 1.29 is 18.0 Å². The monoisotopic (exact) mass is 678 g/mol. The van der Waals surface area contributed by atoms with Gasteiger partial charge in [-0.05, 0) is 86.4 Å². The number of carbonyl (C=O) groups excluding carboxylic acids is 1. The van der Waals surface area contributed by atoms with Crippen molar-refractivity contribution in [3.05, 3.63) is 107 Å². The van der Waals surface area contributed by atoms with Crippen LogP contribution in [0, 0.1) is 5.92 Å². The number of nitrogens with zero attached hydrogens (tertiary/aromatic N) is 4. The summed E-state index contributed by atoms with van der Waals surface area (Å²) in [6.45, 7) is 4.52. The number of aromatic nitrogens is 3. The quantitative estimate of drug-likeness (QED) is 0.155. The highest BCUT2D eigenvalue weighted by Gasteiger charge is 2.34. The fourth-order valence-electron chi connectivity index (χ4n) is 6.89. The van der Waals surface area contributed by atoms with Gasteiger partial charge in [0.25, 0.3) is 5.56 Å². The Kier molecular flexibility index (Phi) is 9.24. The minimum atomic E-state index is -4.71. The van der Waals surface area contributed by atoms with Crippen molar-refractivity contribution in [2.75, 3.05) is 38.0 Å². The number of carbonyl (C=O) groups is 1.